The maximum absolute atomic E-state index is 12.4. The van der Waals surface area contributed by atoms with Crippen molar-refractivity contribution in [1.82, 2.24) is 15.0 Å². The second-order valence-electron chi connectivity index (χ2n) is 6.55. The molecule has 0 aliphatic heterocycles. The summed E-state index contributed by atoms with van der Waals surface area (Å²) < 4.78 is 0. The zero-order valence-electron chi connectivity index (χ0n) is 15.6. The number of rotatable bonds is 4. The Kier molecular flexibility index (Phi) is 4.68. The summed E-state index contributed by atoms with van der Waals surface area (Å²) in [6, 6.07) is 15.6. The van der Waals surface area contributed by atoms with Gasteiger partial charge in [-0.1, -0.05) is 24.3 Å². The van der Waals surface area contributed by atoms with Crippen molar-refractivity contribution in [1.29, 1.82) is 0 Å². The lowest BCUT2D eigenvalue weighted by atomic mass is 10.1. The fraction of sp³-hybridized carbons (Fsp3) is 0.0909. The molecule has 4 rings (SSSR count). The molecule has 28 heavy (non-hydrogen) atoms. The van der Waals surface area contributed by atoms with Crippen LogP contribution in [0.25, 0.3) is 10.9 Å². The molecule has 0 bridgehead atoms. The lowest BCUT2D eigenvalue weighted by Crippen LogP contribution is -2.14. The van der Waals surface area contributed by atoms with Crippen molar-refractivity contribution in [3.8, 4) is 0 Å². The molecule has 6 heteroatoms. The number of hydrogen-bond donors (Lipinski definition) is 2. The molecule has 0 unspecified atom stereocenters. The molecule has 0 spiro atoms. The summed E-state index contributed by atoms with van der Waals surface area (Å²) in [7, 11) is 0. The van der Waals surface area contributed by atoms with E-state index in [0.717, 1.165) is 27.8 Å². The SMILES string of the molecule is Cc1ccc(NC(=O)c2cnc(Nc3cccc4cccnc34)cn2)cc1C. The number of nitrogens with zero attached hydrogens (tertiary/aromatic N) is 3. The van der Waals surface area contributed by atoms with Crippen molar-refractivity contribution in [3.63, 3.8) is 0 Å². The van der Waals surface area contributed by atoms with Crippen molar-refractivity contribution in [3.05, 3.63) is 83.9 Å². The average Bonchev–Trinajstić information content (AvgIpc) is 2.71. The fourth-order valence-corrected chi connectivity index (χ4v) is 2.87. The molecule has 2 heterocycles. The molecule has 0 saturated carbocycles. The molecular weight excluding hydrogens is 350 g/mol. The number of aryl methyl sites for hydroxylation is 2. The van der Waals surface area contributed by atoms with E-state index in [1.165, 1.54) is 18.0 Å². The second-order valence-corrected chi connectivity index (χ2v) is 6.55. The van der Waals surface area contributed by atoms with Crippen LogP contribution in [0, 0.1) is 13.8 Å². The monoisotopic (exact) mass is 369 g/mol. The summed E-state index contributed by atoms with van der Waals surface area (Å²) in [5.41, 5.74) is 4.96. The van der Waals surface area contributed by atoms with Crippen LogP contribution in [0.4, 0.5) is 17.2 Å². The van der Waals surface area contributed by atoms with E-state index < -0.39 is 0 Å². The molecule has 0 fully saturated rings. The van der Waals surface area contributed by atoms with Crippen LogP contribution in [-0.4, -0.2) is 20.9 Å². The Bertz CT molecular complexity index is 1150. The minimum Gasteiger partial charge on any atom is -0.337 e. The number of fused-ring (bicyclic) bond motifs is 1. The number of hydrogen-bond acceptors (Lipinski definition) is 5. The molecule has 1 amide bonds. The zero-order valence-corrected chi connectivity index (χ0v) is 15.6. The van der Waals surface area contributed by atoms with Gasteiger partial charge in [-0.3, -0.25) is 9.78 Å². The maximum Gasteiger partial charge on any atom is 0.275 e. The number of carbonyl (C=O) groups excluding carboxylic acids is 1. The molecular formula is C22H19N5O. The van der Waals surface area contributed by atoms with Gasteiger partial charge in [-0.25, -0.2) is 9.97 Å². The summed E-state index contributed by atoms with van der Waals surface area (Å²) in [6.07, 6.45) is 4.74. The first-order valence-corrected chi connectivity index (χ1v) is 8.91. The van der Waals surface area contributed by atoms with Crippen LogP contribution < -0.4 is 10.6 Å². The third-order valence-corrected chi connectivity index (χ3v) is 4.54. The van der Waals surface area contributed by atoms with Crippen LogP contribution in [0.2, 0.25) is 0 Å². The number of nitrogens with one attached hydrogen (secondary N) is 2. The van der Waals surface area contributed by atoms with Crippen LogP contribution in [0.3, 0.4) is 0 Å². The van der Waals surface area contributed by atoms with E-state index in [1.54, 1.807) is 6.20 Å². The molecule has 0 saturated heterocycles. The van der Waals surface area contributed by atoms with Crippen LogP contribution in [0.15, 0.2) is 67.1 Å². The van der Waals surface area contributed by atoms with Gasteiger partial charge in [0.05, 0.1) is 23.6 Å². The third-order valence-electron chi connectivity index (χ3n) is 4.54. The highest BCUT2D eigenvalue weighted by Crippen LogP contribution is 2.23. The summed E-state index contributed by atoms with van der Waals surface area (Å²) in [6.45, 7) is 4.04. The van der Waals surface area contributed by atoms with Crippen LogP contribution in [-0.2, 0) is 0 Å². The highest BCUT2D eigenvalue weighted by molar-refractivity contribution is 6.02. The van der Waals surface area contributed by atoms with Gasteiger partial charge in [0, 0.05) is 17.3 Å². The van der Waals surface area contributed by atoms with E-state index in [9.17, 15) is 4.79 Å². The standard InChI is InChI=1S/C22H19N5O/c1-14-8-9-17(11-15(14)2)26-22(28)19-12-25-20(13-24-19)27-18-7-3-5-16-6-4-10-23-21(16)18/h3-13H,1-2H3,(H,25,27)(H,26,28). The van der Waals surface area contributed by atoms with Gasteiger partial charge >= 0.3 is 0 Å². The molecule has 0 aliphatic rings. The van der Waals surface area contributed by atoms with E-state index in [2.05, 4.69) is 25.6 Å². The van der Waals surface area contributed by atoms with Gasteiger partial charge in [0.25, 0.3) is 5.91 Å². The number of benzene rings is 2. The topological polar surface area (TPSA) is 79.8 Å². The van der Waals surface area contributed by atoms with Crippen LogP contribution >= 0.6 is 0 Å². The van der Waals surface area contributed by atoms with E-state index in [4.69, 9.17) is 0 Å². The number of anilines is 3. The summed E-state index contributed by atoms with van der Waals surface area (Å²) in [4.78, 5) is 25.4. The molecule has 2 aromatic heterocycles. The number of carbonyl (C=O) groups is 1. The fourth-order valence-electron chi connectivity index (χ4n) is 2.87. The largest absolute Gasteiger partial charge is 0.337 e. The Balaban J connectivity index is 1.50. The van der Waals surface area contributed by atoms with Crippen molar-refractivity contribution in [2.45, 2.75) is 13.8 Å². The summed E-state index contributed by atoms with van der Waals surface area (Å²) in [5, 5.41) is 7.09. The zero-order chi connectivity index (χ0) is 19.5. The van der Waals surface area contributed by atoms with Gasteiger partial charge in [0.2, 0.25) is 0 Å². The van der Waals surface area contributed by atoms with E-state index in [1.807, 2.05) is 62.4 Å². The molecule has 6 nitrogen and oxygen atoms in total. The van der Waals surface area contributed by atoms with E-state index in [-0.39, 0.29) is 11.6 Å². The minimum atomic E-state index is -0.297. The predicted molar refractivity (Wildman–Crippen MR) is 111 cm³/mol. The lowest BCUT2D eigenvalue weighted by molar-refractivity contribution is 0.102. The van der Waals surface area contributed by atoms with E-state index >= 15 is 0 Å². The predicted octanol–water partition coefficient (Wildman–Crippen LogP) is 4.64. The first-order chi connectivity index (χ1) is 13.6. The number of para-hydroxylation sites is 1. The Morgan fingerprint density at radius 3 is 2.54 bits per heavy atom. The van der Waals surface area contributed by atoms with Crippen molar-refractivity contribution >= 4 is 34.0 Å². The normalized spacial score (nSPS) is 10.6. The molecule has 4 aromatic rings. The molecule has 2 aromatic carbocycles. The lowest BCUT2D eigenvalue weighted by Gasteiger charge is -2.09. The average molecular weight is 369 g/mol. The first-order valence-electron chi connectivity index (χ1n) is 8.91. The van der Waals surface area contributed by atoms with Gasteiger partial charge in [-0.05, 0) is 49.2 Å². The van der Waals surface area contributed by atoms with Crippen LogP contribution in [0.5, 0.6) is 0 Å². The minimum absolute atomic E-state index is 0.250. The molecule has 2 N–H and O–H groups in total. The molecule has 138 valence electrons. The quantitative estimate of drug-likeness (QED) is 0.548. The van der Waals surface area contributed by atoms with Gasteiger partial charge < -0.3 is 10.6 Å². The van der Waals surface area contributed by atoms with Gasteiger partial charge in [-0.2, -0.15) is 0 Å². The van der Waals surface area contributed by atoms with Crippen molar-refractivity contribution < 1.29 is 4.79 Å². The second kappa shape index (κ2) is 7.44. The third kappa shape index (κ3) is 3.66. The van der Waals surface area contributed by atoms with Crippen molar-refractivity contribution in [2.24, 2.45) is 0 Å². The van der Waals surface area contributed by atoms with Crippen molar-refractivity contribution in [2.75, 3.05) is 10.6 Å². The Hall–Kier alpha value is -3.80. The Morgan fingerprint density at radius 1 is 0.893 bits per heavy atom. The van der Waals surface area contributed by atoms with E-state index in [0.29, 0.717) is 5.82 Å². The highest BCUT2D eigenvalue weighted by Gasteiger charge is 2.10. The number of aromatic nitrogens is 3. The highest BCUT2D eigenvalue weighted by atomic mass is 16.1. The Labute approximate surface area is 162 Å². The number of amides is 1. The van der Waals surface area contributed by atoms with Crippen LogP contribution in [0.1, 0.15) is 21.6 Å². The molecule has 0 aliphatic carbocycles. The molecule has 0 atom stereocenters. The van der Waals surface area contributed by atoms with Gasteiger partial charge in [0.15, 0.2) is 0 Å². The van der Waals surface area contributed by atoms with Gasteiger partial charge in [0.1, 0.15) is 11.5 Å². The Morgan fingerprint density at radius 2 is 1.75 bits per heavy atom. The smallest absolute Gasteiger partial charge is 0.275 e. The first kappa shape index (κ1) is 17.6. The number of pyridine rings is 1. The van der Waals surface area contributed by atoms with Gasteiger partial charge in [-0.15, -0.1) is 0 Å². The summed E-state index contributed by atoms with van der Waals surface area (Å²) >= 11 is 0. The summed E-state index contributed by atoms with van der Waals surface area (Å²) in [5.74, 6) is 0.245. The maximum atomic E-state index is 12.4. The molecule has 0 radical (unpaired) electrons.